The molecule has 0 saturated carbocycles. The Kier molecular flexibility index (Phi) is 5.97. The second-order valence-electron chi connectivity index (χ2n) is 8.48. The van der Waals surface area contributed by atoms with Gasteiger partial charge in [-0.25, -0.2) is 0 Å². The van der Waals surface area contributed by atoms with Gasteiger partial charge in [0.25, 0.3) is 5.91 Å². The molecule has 31 heavy (non-hydrogen) atoms. The predicted octanol–water partition coefficient (Wildman–Crippen LogP) is 1.73. The molecule has 9 heteroatoms. The van der Waals surface area contributed by atoms with Gasteiger partial charge < -0.3 is 14.8 Å². The molecule has 0 radical (unpaired) electrons. The zero-order valence-corrected chi connectivity index (χ0v) is 18.6. The molecule has 1 aliphatic rings. The summed E-state index contributed by atoms with van der Waals surface area (Å²) in [5.74, 6) is 0.541. The molecular weight excluding hydrogens is 396 g/mol. The first kappa shape index (κ1) is 21.3. The molecule has 4 rings (SSSR count). The maximum Gasteiger partial charge on any atom is 0.270 e. The van der Waals surface area contributed by atoms with E-state index >= 15 is 0 Å². The van der Waals surface area contributed by atoms with Crippen molar-refractivity contribution < 1.29 is 14.3 Å². The Hall–Kier alpha value is -2.91. The third-order valence-electron chi connectivity index (χ3n) is 5.88. The van der Waals surface area contributed by atoms with Crippen LogP contribution in [0.15, 0.2) is 30.5 Å². The van der Waals surface area contributed by atoms with Crippen molar-refractivity contribution in [2.45, 2.75) is 26.0 Å². The van der Waals surface area contributed by atoms with Gasteiger partial charge in [-0.05, 0) is 38.1 Å². The minimum Gasteiger partial charge on any atom is -0.487 e. The molecule has 1 N–H and O–H groups in total. The lowest BCUT2D eigenvalue weighted by atomic mass is 10.0. The van der Waals surface area contributed by atoms with Crippen molar-refractivity contribution in [3.05, 3.63) is 41.9 Å². The van der Waals surface area contributed by atoms with Gasteiger partial charge in [0.2, 0.25) is 0 Å². The van der Waals surface area contributed by atoms with Crippen molar-refractivity contribution in [1.29, 1.82) is 0 Å². The van der Waals surface area contributed by atoms with Crippen LogP contribution in [0, 0.1) is 0 Å². The Balaban J connectivity index is 1.48. The van der Waals surface area contributed by atoms with Crippen LogP contribution in [-0.2, 0) is 25.4 Å². The number of benzene rings is 1. The van der Waals surface area contributed by atoms with Gasteiger partial charge in [-0.2, -0.15) is 10.2 Å². The standard InChI is InChI=1S/C22H30N6O3/c1-22(2,28-9-11-30-12-10-28)15-23-21(29)20-18-13-17(5-6-19(18)25-27(20)4)31-14-16-7-8-24-26(16)3/h5-8,13H,9-12,14-15H2,1-4H3,(H,23,29). The van der Waals surface area contributed by atoms with Gasteiger partial charge in [0.1, 0.15) is 18.1 Å². The van der Waals surface area contributed by atoms with Crippen molar-refractivity contribution in [3.63, 3.8) is 0 Å². The first-order valence-corrected chi connectivity index (χ1v) is 10.5. The molecule has 0 bridgehead atoms. The number of carbonyl (C=O) groups is 1. The molecule has 1 amide bonds. The van der Waals surface area contributed by atoms with Gasteiger partial charge in [-0.1, -0.05) is 0 Å². The minimum atomic E-state index is -0.161. The van der Waals surface area contributed by atoms with Gasteiger partial charge >= 0.3 is 0 Å². The summed E-state index contributed by atoms with van der Waals surface area (Å²) in [6, 6.07) is 7.54. The average molecular weight is 427 g/mol. The van der Waals surface area contributed by atoms with Gasteiger partial charge in [0.05, 0.1) is 24.4 Å². The topological polar surface area (TPSA) is 86.4 Å². The number of nitrogens with zero attached hydrogens (tertiary/aromatic N) is 5. The summed E-state index contributed by atoms with van der Waals surface area (Å²) in [5, 5.41) is 12.5. The second kappa shape index (κ2) is 8.68. The Morgan fingerprint density at radius 3 is 2.68 bits per heavy atom. The van der Waals surface area contributed by atoms with Crippen molar-refractivity contribution in [3.8, 4) is 5.75 Å². The molecule has 0 aliphatic carbocycles. The molecule has 0 atom stereocenters. The van der Waals surface area contributed by atoms with Crippen LogP contribution in [0.5, 0.6) is 5.75 Å². The lowest BCUT2D eigenvalue weighted by Crippen LogP contribution is -2.55. The number of hydrogen-bond donors (Lipinski definition) is 1. The number of aryl methyl sites for hydroxylation is 2. The van der Waals surface area contributed by atoms with E-state index in [1.807, 2.05) is 31.3 Å². The molecule has 1 aliphatic heterocycles. The largest absolute Gasteiger partial charge is 0.487 e. The molecule has 0 unspecified atom stereocenters. The Morgan fingerprint density at radius 1 is 1.19 bits per heavy atom. The third kappa shape index (κ3) is 4.57. The maximum absolute atomic E-state index is 13.1. The summed E-state index contributed by atoms with van der Waals surface area (Å²) in [7, 11) is 3.67. The normalized spacial score (nSPS) is 15.4. The fourth-order valence-electron chi connectivity index (χ4n) is 3.90. The number of aromatic nitrogens is 4. The van der Waals surface area contributed by atoms with Crippen molar-refractivity contribution in [1.82, 2.24) is 29.8 Å². The second-order valence-corrected chi connectivity index (χ2v) is 8.48. The molecule has 1 fully saturated rings. The van der Waals surface area contributed by atoms with Gasteiger partial charge in [0.15, 0.2) is 0 Å². The highest BCUT2D eigenvalue weighted by atomic mass is 16.5. The summed E-state index contributed by atoms with van der Waals surface area (Å²) >= 11 is 0. The first-order valence-electron chi connectivity index (χ1n) is 10.5. The molecular formula is C22H30N6O3. The number of ether oxygens (including phenoxy) is 2. The van der Waals surface area contributed by atoms with E-state index in [0.717, 1.165) is 42.9 Å². The highest BCUT2D eigenvalue weighted by Crippen LogP contribution is 2.24. The monoisotopic (exact) mass is 426 g/mol. The van der Waals surface area contributed by atoms with E-state index in [-0.39, 0.29) is 11.4 Å². The fourth-order valence-corrected chi connectivity index (χ4v) is 3.90. The van der Waals surface area contributed by atoms with Crippen molar-refractivity contribution in [2.24, 2.45) is 14.1 Å². The fraction of sp³-hybridized carbons (Fsp3) is 0.500. The van der Waals surface area contributed by atoms with Crippen LogP contribution >= 0.6 is 0 Å². The number of rotatable bonds is 7. The van der Waals surface area contributed by atoms with Crippen LogP contribution in [0.2, 0.25) is 0 Å². The molecule has 1 aromatic carbocycles. The number of fused-ring (bicyclic) bond motifs is 1. The Morgan fingerprint density at radius 2 is 1.97 bits per heavy atom. The number of hydrogen-bond acceptors (Lipinski definition) is 6. The highest BCUT2D eigenvalue weighted by Gasteiger charge is 2.29. The van der Waals surface area contributed by atoms with Crippen LogP contribution in [0.4, 0.5) is 0 Å². The number of carbonyl (C=O) groups excluding carboxylic acids is 1. The van der Waals surface area contributed by atoms with E-state index in [1.165, 1.54) is 0 Å². The summed E-state index contributed by atoms with van der Waals surface area (Å²) < 4.78 is 14.8. The molecule has 2 aromatic heterocycles. The number of morpholine rings is 1. The molecule has 9 nitrogen and oxygen atoms in total. The zero-order chi connectivity index (χ0) is 22.0. The number of nitrogens with one attached hydrogen (secondary N) is 1. The van der Waals surface area contributed by atoms with E-state index in [1.54, 1.807) is 22.6 Å². The van der Waals surface area contributed by atoms with Crippen LogP contribution in [-0.4, -0.2) is 68.8 Å². The molecule has 3 aromatic rings. The van der Waals surface area contributed by atoms with Crippen LogP contribution in [0.25, 0.3) is 10.9 Å². The quantitative estimate of drug-likeness (QED) is 0.619. The van der Waals surface area contributed by atoms with E-state index in [4.69, 9.17) is 9.47 Å². The van der Waals surface area contributed by atoms with Gasteiger partial charge in [-0.3, -0.25) is 19.1 Å². The van der Waals surface area contributed by atoms with Gasteiger partial charge in [0, 0.05) is 50.9 Å². The summed E-state index contributed by atoms with van der Waals surface area (Å²) in [6.07, 6.45) is 1.74. The van der Waals surface area contributed by atoms with Gasteiger partial charge in [-0.15, -0.1) is 0 Å². The lowest BCUT2D eigenvalue weighted by Gasteiger charge is -2.40. The maximum atomic E-state index is 13.1. The SMILES string of the molecule is Cn1nccc1COc1ccc2nn(C)c(C(=O)NCC(C)(C)N3CCOCC3)c2c1. The van der Waals surface area contributed by atoms with Crippen LogP contribution in [0.3, 0.4) is 0 Å². The van der Waals surface area contributed by atoms with E-state index in [9.17, 15) is 4.79 Å². The van der Waals surface area contributed by atoms with Crippen molar-refractivity contribution >= 4 is 16.8 Å². The van der Waals surface area contributed by atoms with Crippen LogP contribution in [0.1, 0.15) is 30.0 Å². The zero-order valence-electron chi connectivity index (χ0n) is 18.6. The van der Waals surface area contributed by atoms with Crippen molar-refractivity contribution in [2.75, 3.05) is 32.8 Å². The minimum absolute atomic E-state index is 0.143. The first-order chi connectivity index (χ1) is 14.8. The van der Waals surface area contributed by atoms with Crippen LogP contribution < -0.4 is 10.1 Å². The highest BCUT2D eigenvalue weighted by molar-refractivity contribution is 6.05. The van der Waals surface area contributed by atoms with E-state index < -0.39 is 0 Å². The molecule has 0 spiro atoms. The predicted molar refractivity (Wildman–Crippen MR) is 117 cm³/mol. The third-order valence-corrected chi connectivity index (χ3v) is 5.88. The molecule has 1 saturated heterocycles. The lowest BCUT2D eigenvalue weighted by molar-refractivity contribution is -0.00925. The molecule has 166 valence electrons. The summed E-state index contributed by atoms with van der Waals surface area (Å²) in [4.78, 5) is 15.5. The Bertz CT molecular complexity index is 1060. The summed E-state index contributed by atoms with van der Waals surface area (Å²) in [5.41, 5.74) is 2.09. The number of amides is 1. The molecule has 3 heterocycles. The summed E-state index contributed by atoms with van der Waals surface area (Å²) in [6.45, 7) is 8.42. The average Bonchev–Trinajstić information content (AvgIpc) is 3.32. The van der Waals surface area contributed by atoms with E-state index in [0.29, 0.717) is 24.6 Å². The smallest absolute Gasteiger partial charge is 0.270 e. The Labute approximate surface area is 181 Å². The van der Waals surface area contributed by atoms with E-state index in [2.05, 4.69) is 34.3 Å².